The normalized spacial score (nSPS) is 19.0. The van der Waals surface area contributed by atoms with E-state index in [-0.39, 0.29) is 19.5 Å². The zero-order valence-corrected chi connectivity index (χ0v) is 12.9. The molecule has 1 aromatic carbocycles. The maximum absolute atomic E-state index is 13.4. The van der Waals surface area contributed by atoms with Gasteiger partial charge in [0.2, 0.25) is 0 Å². The van der Waals surface area contributed by atoms with Crippen LogP contribution in [0.1, 0.15) is 18.4 Å². The molecule has 118 valence electrons. The van der Waals surface area contributed by atoms with E-state index in [1.807, 2.05) is 0 Å². The second-order valence-corrected chi connectivity index (χ2v) is 6.04. The summed E-state index contributed by atoms with van der Waals surface area (Å²) in [4.78, 5) is 1.63. The highest BCUT2D eigenvalue weighted by atomic mass is 79.9. The van der Waals surface area contributed by atoms with Crippen LogP contribution >= 0.6 is 15.9 Å². The number of benzene rings is 1. The fourth-order valence-electron chi connectivity index (χ4n) is 2.39. The van der Waals surface area contributed by atoms with Gasteiger partial charge in [0.1, 0.15) is 12.4 Å². The summed E-state index contributed by atoms with van der Waals surface area (Å²) < 4.78 is 57.1. The number of likely N-dealkylation sites (tertiary alicyclic amines) is 1. The number of ether oxygens (including phenoxy) is 1. The van der Waals surface area contributed by atoms with Crippen LogP contribution in [0.2, 0.25) is 0 Å². The highest BCUT2D eigenvalue weighted by Crippen LogP contribution is 2.30. The quantitative estimate of drug-likeness (QED) is 0.716. The first-order valence-electron chi connectivity index (χ1n) is 6.65. The largest absolute Gasteiger partial charge is 0.487 e. The summed E-state index contributed by atoms with van der Waals surface area (Å²) in [6, 6.07) is 4.96. The van der Waals surface area contributed by atoms with Crippen LogP contribution in [-0.4, -0.2) is 36.9 Å². The summed E-state index contributed by atoms with van der Waals surface area (Å²) in [6.45, 7) is -0.192. The summed E-state index contributed by atoms with van der Waals surface area (Å²) in [5.41, 5.74) is 0.628. The molecule has 0 amide bonds. The third-order valence-electron chi connectivity index (χ3n) is 3.25. The SMILES string of the molecule is FC(F)COc1ccc(Br)cc1CN1CCCC(F)(F)C1. The minimum Gasteiger partial charge on any atom is -0.487 e. The lowest BCUT2D eigenvalue weighted by atomic mass is 10.1. The first-order valence-corrected chi connectivity index (χ1v) is 7.44. The number of nitrogens with zero attached hydrogens (tertiary/aromatic N) is 1. The molecule has 1 aliphatic rings. The number of rotatable bonds is 5. The molecule has 1 aromatic rings. The Morgan fingerprint density at radius 2 is 2.10 bits per heavy atom. The Morgan fingerprint density at radius 3 is 2.76 bits per heavy atom. The van der Waals surface area contributed by atoms with Crippen LogP contribution in [-0.2, 0) is 6.54 Å². The molecule has 21 heavy (non-hydrogen) atoms. The van der Waals surface area contributed by atoms with Crippen LogP contribution in [0.25, 0.3) is 0 Å². The van der Waals surface area contributed by atoms with Gasteiger partial charge in [0, 0.05) is 23.0 Å². The monoisotopic (exact) mass is 369 g/mol. The minimum absolute atomic E-state index is 0.100. The minimum atomic E-state index is -2.69. The molecule has 0 atom stereocenters. The van der Waals surface area contributed by atoms with E-state index in [2.05, 4.69) is 15.9 Å². The van der Waals surface area contributed by atoms with Crippen molar-refractivity contribution in [3.05, 3.63) is 28.2 Å². The summed E-state index contributed by atoms with van der Waals surface area (Å²) in [7, 11) is 0. The Labute approximate surface area is 129 Å². The van der Waals surface area contributed by atoms with Crippen molar-refractivity contribution in [3.8, 4) is 5.75 Å². The first-order chi connectivity index (χ1) is 9.85. The van der Waals surface area contributed by atoms with Gasteiger partial charge in [-0.1, -0.05) is 15.9 Å². The van der Waals surface area contributed by atoms with E-state index in [1.165, 1.54) is 0 Å². The van der Waals surface area contributed by atoms with Crippen molar-refractivity contribution in [1.29, 1.82) is 0 Å². The fraction of sp³-hybridized carbons (Fsp3) is 0.571. The van der Waals surface area contributed by atoms with Gasteiger partial charge < -0.3 is 4.74 Å². The predicted octanol–water partition coefficient (Wildman–Crippen LogP) is 4.32. The molecule has 1 aliphatic heterocycles. The molecule has 7 heteroatoms. The molecule has 1 fully saturated rings. The number of halogens is 5. The molecule has 1 heterocycles. The van der Waals surface area contributed by atoms with Crippen molar-refractivity contribution >= 4 is 15.9 Å². The molecule has 0 spiro atoms. The molecular formula is C14H16BrF4NO. The van der Waals surface area contributed by atoms with Gasteiger partial charge in [-0.2, -0.15) is 0 Å². The molecule has 2 rings (SSSR count). The molecule has 1 saturated heterocycles. The number of alkyl halides is 4. The second kappa shape index (κ2) is 6.96. The van der Waals surface area contributed by atoms with E-state index in [9.17, 15) is 17.6 Å². The lowest BCUT2D eigenvalue weighted by Gasteiger charge is -2.32. The van der Waals surface area contributed by atoms with Crippen LogP contribution in [0, 0.1) is 0 Å². The smallest absolute Gasteiger partial charge is 0.272 e. The molecular weight excluding hydrogens is 354 g/mol. The third-order valence-corrected chi connectivity index (χ3v) is 3.75. The van der Waals surface area contributed by atoms with Crippen LogP contribution in [0.5, 0.6) is 5.75 Å². The first kappa shape index (κ1) is 16.5. The topological polar surface area (TPSA) is 12.5 Å². The van der Waals surface area contributed by atoms with Crippen LogP contribution in [0.3, 0.4) is 0 Å². The summed E-state index contributed by atoms with van der Waals surface area (Å²) in [5, 5.41) is 0. The third kappa shape index (κ3) is 5.14. The zero-order chi connectivity index (χ0) is 15.5. The van der Waals surface area contributed by atoms with Crippen molar-refractivity contribution < 1.29 is 22.3 Å². The van der Waals surface area contributed by atoms with E-state index >= 15 is 0 Å². The molecule has 0 aromatic heterocycles. The van der Waals surface area contributed by atoms with Crippen molar-refractivity contribution in [2.75, 3.05) is 19.7 Å². The van der Waals surface area contributed by atoms with Crippen molar-refractivity contribution in [1.82, 2.24) is 4.90 Å². The Kier molecular flexibility index (Phi) is 5.48. The Morgan fingerprint density at radius 1 is 1.33 bits per heavy atom. The van der Waals surface area contributed by atoms with Gasteiger partial charge in [-0.15, -0.1) is 0 Å². The summed E-state index contributed by atoms with van der Waals surface area (Å²) in [5.74, 6) is -2.37. The van der Waals surface area contributed by atoms with Crippen molar-refractivity contribution in [2.24, 2.45) is 0 Å². The Balaban J connectivity index is 2.08. The predicted molar refractivity (Wildman–Crippen MR) is 75.1 cm³/mol. The highest BCUT2D eigenvalue weighted by molar-refractivity contribution is 9.10. The lowest BCUT2D eigenvalue weighted by Crippen LogP contribution is -2.42. The standard InChI is InChI=1S/C14H16BrF4NO/c15-11-2-3-12(21-8-13(16)17)10(6-11)7-20-5-1-4-14(18,19)9-20/h2-3,6,13H,1,4-5,7-9H2. The average molecular weight is 370 g/mol. The molecule has 0 saturated carbocycles. The number of hydrogen-bond donors (Lipinski definition) is 0. The molecule has 0 N–H and O–H groups in total. The van der Waals surface area contributed by atoms with Gasteiger partial charge in [0.25, 0.3) is 12.3 Å². The van der Waals surface area contributed by atoms with Gasteiger partial charge in [0.05, 0.1) is 6.54 Å². The molecule has 0 aliphatic carbocycles. The number of hydrogen-bond acceptors (Lipinski definition) is 2. The summed E-state index contributed by atoms with van der Waals surface area (Å²) >= 11 is 3.29. The average Bonchev–Trinajstić information content (AvgIpc) is 2.36. The van der Waals surface area contributed by atoms with E-state index in [0.29, 0.717) is 24.3 Å². The van der Waals surface area contributed by atoms with Crippen molar-refractivity contribution in [3.63, 3.8) is 0 Å². The summed E-state index contributed by atoms with van der Waals surface area (Å²) in [6.07, 6.45) is -2.24. The van der Waals surface area contributed by atoms with E-state index in [0.717, 1.165) is 4.47 Å². The Hall–Kier alpha value is -0.820. The van der Waals surface area contributed by atoms with Crippen LogP contribution < -0.4 is 4.74 Å². The van der Waals surface area contributed by atoms with Crippen LogP contribution in [0.15, 0.2) is 22.7 Å². The fourth-order valence-corrected chi connectivity index (χ4v) is 2.80. The van der Waals surface area contributed by atoms with E-state index < -0.39 is 19.0 Å². The Bertz CT molecular complexity index is 484. The van der Waals surface area contributed by atoms with Gasteiger partial charge >= 0.3 is 0 Å². The van der Waals surface area contributed by atoms with Crippen molar-refractivity contribution in [2.45, 2.75) is 31.7 Å². The molecule has 0 unspecified atom stereocenters. The lowest BCUT2D eigenvalue weighted by molar-refractivity contribution is -0.0662. The highest BCUT2D eigenvalue weighted by Gasteiger charge is 2.35. The second-order valence-electron chi connectivity index (χ2n) is 5.12. The van der Waals surface area contributed by atoms with E-state index in [1.54, 1.807) is 23.1 Å². The molecule has 2 nitrogen and oxygen atoms in total. The maximum atomic E-state index is 13.4. The molecule has 0 bridgehead atoms. The zero-order valence-electron chi connectivity index (χ0n) is 11.3. The van der Waals surface area contributed by atoms with Gasteiger partial charge in [0.15, 0.2) is 0 Å². The van der Waals surface area contributed by atoms with Gasteiger partial charge in [-0.05, 0) is 31.2 Å². The molecule has 0 radical (unpaired) electrons. The van der Waals surface area contributed by atoms with Crippen LogP contribution in [0.4, 0.5) is 17.6 Å². The van der Waals surface area contributed by atoms with Gasteiger partial charge in [-0.25, -0.2) is 17.6 Å². The number of piperidine rings is 1. The van der Waals surface area contributed by atoms with E-state index in [4.69, 9.17) is 4.74 Å². The van der Waals surface area contributed by atoms with Gasteiger partial charge in [-0.3, -0.25) is 4.90 Å². The maximum Gasteiger partial charge on any atom is 0.272 e.